The number of phenols is 1. The lowest BCUT2D eigenvalue weighted by Gasteiger charge is -2.29. The predicted octanol–water partition coefficient (Wildman–Crippen LogP) is -8.82. The number of carbonyl (C=O) groups is 17. The third kappa shape index (κ3) is 37.5. The molecule has 0 aliphatic heterocycles. The highest BCUT2D eigenvalue weighted by Crippen LogP contribution is 2.17. The molecule has 17 atom stereocenters. The lowest BCUT2D eigenvalue weighted by Crippen LogP contribution is -2.63. The van der Waals surface area contributed by atoms with E-state index in [1.807, 2.05) is 10.6 Å². The second-order valence-corrected chi connectivity index (χ2v) is 29.2. The topological polar surface area (TPSA) is 757 Å². The van der Waals surface area contributed by atoms with Gasteiger partial charge in [0.05, 0.1) is 50.7 Å². The second kappa shape index (κ2) is 52.1. The summed E-state index contributed by atoms with van der Waals surface area (Å²) in [6.07, 6.45) is -7.60. The molecule has 0 unspecified atom stereocenters. The number of phenolic OH excluding ortho intramolecular Hbond substituents is 1. The minimum Gasteiger partial charge on any atom is -0.508 e. The van der Waals surface area contributed by atoms with Crippen molar-refractivity contribution >= 4 is 107 Å². The van der Waals surface area contributed by atoms with Crippen molar-refractivity contribution in [1.82, 2.24) is 69.1 Å². The van der Waals surface area contributed by atoms with Crippen LogP contribution in [0.3, 0.4) is 0 Å². The Morgan fingerprint density at radius 1 is 0.398 bits per heavy atom. The fraction of sp³-hybridized carbons (Fsp3) is 0.595. The van der Waals surface area contributed by atoms with Gasteiger partial charge in [0.2, 0.25) is 88.6 Å². The average Bonchev–Trinajstić information content (AvgIpc) is 0.852. The van der Waals surface area contributed by atoms with Crippen LogP contribution in [0.2, 0.25) is 0 Å². The van der Waals surface area contributed by atoms with Crippen LogP contribution in [0.5, 0.6) is 5.75 Å². The van der Waals surface area contributed by atoms with Gasteiger partial charge in [-0.2, -0.15) is 0 Å². The van der Waals surface area contributed by atoms with E-state index in [9.17, 15) is 117 Å². The number of guanidine groups is 1. The number of unbranched alkanes of at least 4 members (excludes halogenated alkanes) is 1. The van der Waals surface area contributed by atoms with Gasteiger partial charge in [-0.3, -0.25) is 81.7 Å². The van der Waals surface area contributed by atoms with E-state index in [0.29, 0.717) is 11.1 Å². The summed E-state index contributed by atoms with van der Waals surface area (Å²) in [5, 5.41) is 102. The van der Waals surface area contributed by atoms with E-state index in [4.69, 9.17) is 34.4 Å². The predicted molar refractivity (Wildman–Crippen MR) is 421 cm³/mol. The largest absolute Gasteiger partial charge is 0.508 e. The zero-order valence-corrected chi connectivity index (χ0v) is 67.2. The van der Waals surface area contributed by atoms with Crippen LogP contribution in [0.15, 0.2) is 59.6 Å². The second-order valence-electron chi connectivity index (χ2n) is 29.2. The van der Waals surface area contributed by atoms with Gasteiger partial charge < -0.3 is 139 Å². The molecule has 118 heavy (non-hydrogen) atoms. The Balaban J connectivity index is 2.46. The number of nitrogens with two attached hydrogens (primary N) is 6. The summed E-state index contributed by atoms with van der Waals surface area (Å²) in [6, 6.07) is -10.7. The van der Waals surface area contributed by atoms with Crippen molar-refractivity contribution < 1.29 is 117 Å². The number of benzene rings is 2. The molecule has 44 nitrogen and oxygen atoms in total. The molecule has 2 rings (SSSR count). The Bertz CT molecular complexity index is 3760. The van der Waals surface area contributed by atoms with E-state index in [-0.39, 0.29) is 88.5 Å². The van der Waals surface area contributed by atoms with Gasteiger partial charge in [0.25, 0.3) is 0 Å². The smallest absolute Gasteiger partial charge is 0.326 e. The molecule has 0 spiro atoms. The molecule has 15 amide bonds. The zero-order chi connectivity index (χ0) is 89.4. The Morgan fingerprint density at radius 2 is 0.754 bits per heavy atom. The van der Waals surface area contributed by atoms with E-state index < -0.39 is 248 Å². The third-order valence-corrected chi connectivity index (χ3v) is 18.1. The maximum atomic E-state index is 14.3. The summed E-state index contributed by atoms with van der Waals surface area (Å²) in [6.45, 7) is 9.52. The molecule has 2 aromatic carbocycles. The van der Waals surface area contributed by atoms with Gasteiger partial charge in [-0.1, -0.05) is 90.4 Å². The molecular formula is C74H118N20O24. The first kappa shape index (κ1) is 102. The average molecular weight is 1670 g/mol. The molecule has 44 heteroatoms. The molecular weight excluding hydrogens is 1550 g/mol. The van der Waals surface area contributed by atoms with Crippen LogP contribution in [-0.2, 0) is 94.3 Å². The van der Waals surface area contributed by atoms with E-state index >= 15 is 0 Å². The van der Waals surface area contributed by atoms with Crippen molar-refractivity contribution in [2.24, 2.45) is 57.1 Å². The lowest BCUT2D eigenvalue weighted by atomic mass is 9.97. The molecule has 2 aromatic rings. The van der Waals surface area contributed by atoms with Gasteiger partial charge >= 0.3 is 11.9 Å². The highest BCUT2D eigenvalue weighted by Gasteiger charge is 2.41. The number of carboxylic acids is 2. The number of carbonyl (C=O) groups excluding carboxylic acids is 15. The standard InChI is InChI=1S/C74H118N20O24/c1-9-37(6)57(92-72(116)59(39(8)98)93-60(104)43(76)28-40-16-11-10-12-17-40)70(114)91-53(34-96)69(113)83-45(19-15-25-81-74(79)80)62(106)85-48(30-54(77)100)65(109)87-50(32-56(102)103)66(110)90-52(33-95)68(112)82-44(18-13-14-24-75)61(105)86-49(31-55(78)101)67(111)94-58(38(7)97)71(115)88-46(26-35(2)3)63(107)84-47(29-41-20-22-42(99)23-21-41)64(108)89-51(73(117)118)27-36(4)5/h10-12,16-17,20-23,35-39,43-53,57-59,95-99H,9,13-15,18-19,24-34,75-76H2,1-8H3,(H2,77,100)(H2,78,101)(H,82,112)(H,83,113)(H,84,107)(H,85,106)(H,86,105)(H,87,109)(H,88,115)(H,89,108)(H,90,110)(H,91,114)(H,92,116)(H,93,104)(H,94,111)(H,102,103)(H,117,118)(H4,79,80,81)/t37-,38+,39+,43-,44-,45-,46-,47-,48-,49-,50-,51-,52-,53-,57-,58-,59-/m0/s1. The first-order valence-electron chi connectivity index (χ1n) is 38.2. The molecule has 0 aliphatic rings. The highest BCUT2D eigenvalue weighted by atomic mass is 16.4. The van der Waals surface area contributed by atoms with E-state index in [1.54, 1.807) is 65.0 Å². The normalized spacial score (nSPS) is 15.5. The summed E-state index contributed by atoms with van der Waals surface area (Å²) in [5.74, 6) is -23.2. The number of aliphatic hydroxyl groups excluding tert-OH is 4. The minimum atomic E-state index is -2.27. The summed E-state index contributed by atoms with van der Waals surface area (Å²) >= 11 is 0. The quantitative estimate of drug-likeness (QED) is 0.0166. The SMILES string of the molecule is CC[C@H](C)[C@H](NC(=O)[C@@H](NC(=O)[C@@H](N)Cc1ccccc1)[C@@H](C)O)C(=O)N[C@@H](CO)C(=O)N[C@@H](CCCN=C(N)N)C(=O)N[C@@H](CC(N)=O)C(=O)N[C@@H](CC(=O)O)C(=O)N[C@@H](CO)C(=O)N[C@@H](CCCCN)C(=O)N[C@@H](CC(N)=O)C(=O)N[C@H](C(=O)N[C@@H](CC(C)C)C(=O)N[C@@H](Cc1ccc(O)cc1)C(=O)N[C@@H](CC(C)C)C(=O)O)[C@@H](C)O. The monoisotopic (exact) mass is 1670 g/mol. The Kier molecular flexibility index (Phi) is 45.1. The summed E-state index contributed by atoms with van der Waals surface area (Å²) < 4.78 is 0. The van der Waals surface area contributed by atoms with Crippen LogP contribution < -0.4 is 104 Å². The Morgan fingerprint density at radius 3 is 1.19 bits per heavy atom. The van der Waals surface area contributed by atoms with Gasteiger partial charge in [0, 0.05) is 13.0 Å². The molecule has 32 N–H and O–H groups in total. The van der Waals surface area contributed by atoms with Crippen molar-refractivity contribution in [2.75, 3.05) is 26.3 Å². The first-order valence-corrected chi connectivity index (χ1v) is 38.2. The number of aromatic hydroxyl groups is 1. The summed E-state index contributed by atoms with van der Waals surface area (Å²) in [7, 11) is 0. The molecule has 0 heterocycles. The number of rotatable bonds is 55. The fourth-order valence-corrected chi connectivity index (χ4v) is 11.5. The molecule has 0 fully saturated rings. The highest BCUT2D eigenvalue weighted by molar-refractivity contribution is 6.02. The number of aliphatic hydroxyl groups is 4. The molecule has 0 radical (unpaired) electrons. The lowest BCUT2D eigenvalue weighted by molar-refractivity contribution is -0.143. The van der Waals surface area contributed by atoms with E-state index in [1.165, 1.54) is 38.1 Å². The number of hydrogen-bond acceptors (Lipinski definition) is 25. The van der Waals surface area contributed by atoms with Crippen molar-refractivity contribution in [1.29, 1.82) is 0 Å². The van der Waals surface area contributed by atoms with Gasteiger partial charge in [-0.05, 0) is 113 Å². The number of nitrogens with zero attached hydrogens (tertiary/aromatic N) is 1. The van der Waals surface area contributed by atoms with Crippen molar-refractivity contribution in [2.45, 2.75) is 236 Å². The van der Waals surface area contributed by atoms with Gasteiger partial charge in [0.15, 0.2) is 5.96 Å². The Hall–Kier alpha value is -11.7. The maximum absolute atomic E-state index is 14.3. The number of aliphatic imine (C=N–C) groups is 1. The number of primary amides is 2. The van der Waals surface area contributed by atoms with Crippen LogP contribution in [0.25, 0.3) is 0 Å². The number of aliphatic carboxylic acids is 2. The van der Waals surface area contributed by atoms with Crippen LogP contribution in [0.4, 0.5) is 0 Å². The molecule has 0 aliphatic carbocycles. The number of carboxylic acid groups (broad SMARTS) is 2. The third-order valence-electron chi connectivity index (χ3n) is 18.1. The van der Waals surface area contributed by atoms with Crippen molar-refractivity contribution in [3.8, 4) is 5.75 Å². The molecule has 0 aromatic heterocycles. The van der Waals surface area contributed by atoms with Crippen molar-refractivity contribution in [3.63, 3.8) is 0 Å². The molecule has 658 valence electrons. The molecule has 0 saturated carbocycles. The van der Waals surface area contributed by atoms with E-state index in [2.05, 4.69) is 63.5 Å². The number of nitrogens with one attached hydrogen (secondary N) is 13. The minimum absolute atomic E-state index is 0.00604. The van der Waals surface area contributed by atoms with Gasteiger partial charge in [-0.25, -0.2) is 4.79 Å². The Labute approximate surface area is 681 Å². The van der Waals surface area contributed by atoms with Crippen LogP contribution in [-0.4, -0.2) is 265 Å². The van der Waals surface area contributed by atoms with E-state index in [0.717, 1.165) is 6.92 Å². The molecule has 0 saturated heterocycles. The zero-order valence-electron chi connectivity index (χ0n) is 67.2. The fourth-order valence-electron chi connectivity index (χ4n) is 11.5. The van der Waals surface area contributed by atoms with Crippen LogP contribution in [0.1, 0.15) is 137 Å². The van der Waals surface area contributed by atoms with Crippen LogP contribution >= 0.6 is 0 Å². The van der Waals surface area contributed by atoms with Gasteiger partial charge in [0.1, 0.15) is 84.3 Å². The summed E-state index contributed by atoms with van der Waals surface area (Å²) in [5.41, 5.74) is 34.8. The number of hydrogen-bond donors (Lipinski definition) is 26. The maximum Gasteiger partial charge on any atom is 0.326 e. The first-order chi connectivity index (χ1) is 55.4. The molecule has 0 bridgehead atoms. The van der Waals surface area contributed by atoms with Crippen molar-refractivity contribution in [3.05, 3.63) is 65.7 Å². The van der Waals surface area contributed by atoms with Gasteiger partial charge in [-0.15, -0.1) is 0 Å². The number of amides is 15. The van der Waals surface area contributed by atoms with Crippen LogP contribution in [0, 0.1) is 17.8 Å². The summed E-state index contributed by atoms with van der Waals surface area (Å²) in [4.78, 5) is 235.